The van der Waals surface area contributed by atoms with E-state index in [1.165, 1.54) is 83.5 Å². The van der Waals surface area contributed by atoms with Crippen molar-refractivity contribution < 1.29 is 9.09 Å². The van der Waals surface area contributed by atoms with Crippen LogP contribution >= 0.6 is 8.03 Å². The molecule has 0 saturated carbocycles. The number of rotatable bonds is 16. The first-order valence-electron chi connectivity index (χ1n) is 8.88. The Morgan fingerprint density at radius 2 is 1.00 bits per heavy atom. The lowest BCUT2D eigenvalue weighted by Crippen LogP contribution is -1.84. The molecule has 0 aromatic carbocycles. The van der Waals surface area contributed by atoms with Crippen LogP contribution in [0.2, 0.25) is 0 Å². The van der Waals surface area contributed by atoms with E-state index in [1.54, 1.807) is 7.11 Å². The highest BCUT2D eigenvalue weighted by molar-refractivity contribution is 7.39. The minimum absolute atomic E-state index is 0.777. The van der Waals surface area contributed by atoms with Gasteiger partial charge < -0.3 is 4.52 Å². The van der Waals surface area contributed by atoms with Gasteiger partial charge in [0.1, 0.15) is 0 Å². The number of hydrogen-bond donors (Lipinski definition) is 0. The van der Waals surface area contributed by atoms with Crippen molar-refractivity contribution in [1.29, 1.82) is 0 Å². The number of unbranched alkanes of at least 4 members (excludes halogenated alkanes) is 13. The minimum Gasteiger partial charge on any atom is -0.334 e. The van der Waals surface area contributed by atoms with Crippen LogP contribution in [-0.2, 0) is 9.09 Å². The molecule has 3 heteroatoms. The van der Waals surface area contributed by atoms with Gasteiger partial charge in [0.05, 0.1) is 0 Å². The summed E-state index contributed by atoms with van der Waals surface area (Å²) < 4.78 is 15.9. The molecule has 1 atom stereocenters. The Hall–Kier alpha value is 0.190. The van der Waals surface area contributed by atoms with Crippen LogP contribution in [-0.4, -0.2) is 13.3 Å². The third kappa shape index (κ3) is 16.2. The molecule has 0 rings (SSSR count). The van der Waals surface area contributed by atoms with Crippen LogP contribution < -0.4 is 0 Å². The summed E-state index contributed by atoms with van der Waals surface area (Å²) in [6.07, 6.45) is 19.9. The normalized spacial score (nSPS) is 12.7. The summed E-state index contributed by atoms with van der Waals surface area (Å²) in [5.74, 6) is 0. The second kappa shape index (κ2) is 17.2. The summed E-state index contributed by atoms with van der Waals surface area (Å²) in [6, 6.07) is 0. The van der Waals surface area contributed by atoms with Crippen LogP contribution in [0, 0.1) is 0 Å². The van der Waals surface area contributed by atoms with Crippen molar-refractivity contribution in [3.05, 3.63) is 0 Å². The van der Waals surface area contributed by atoms with E-state index in [9.17, 15) is 4.57 Å². The Morgan fingerprint density at radius 3 is 1.35 bits per heavy atom. The summed E-state index contributed by atoms with van der Waals surface area (Å²) in [5, 5.41) is 0. The summed E-state index contributed by atoms with van der Waals surface area (Å²) >= 11 is 0. The molecule has 20 heavy (non-hydrogen) atoms. The molecule has 0 bridgehead atoms. The first-order chi connectivity index (χ1) is 9.81. The zero-order valence-electron chi connectivity index (χ0n) is 13.9. The average molecular weight is 304 g/mol. The first-order valence-corrected chi connectivity index (χ1v) is 10.4. The maximum absolute atomic E-state index is 11.1. The molecule has 0 N–H and O–H groups in total. The second-order valence-corrected chi connectivity index (χ2v) is 7.57. The summed E-state index contributed by atoms with van der Waals surface area (Å²) in [7, 11) is -0.148. The largest absolute Gasteiger partial charge is 0.334 e. The van der Waals surface area contributed by atoms with Gasteiger partial charge in [0.15, 0.2) is 8.03 Å². The van der Waals surface area contributed by atoms with Crippen molar-refractivity contribution in [2.75, 3.05) is 13.3 Å². The van der Waals surface area contributed by atoms with Crippen LogP contribution in [0.5, 0.6) is 0 Å². The van der Waals surface area contributed by atoms with Crippen LogP contribution in [0.25, 0.3) is 0 Å². The fraction of sp³-hybridized carbons (Fsp3) is 1.00. The third-order valence-electron chi connectivity index (χ3n) is 3.96. The van der Waals surface area contributed by atoms with E-state index in [0.717, 1.165) is 12.6 Å². The Labute approximate surface area is 127 Å². The topological polar surface area (TPSA) is 26.3 Å². The van der Waals surface area contributed by atoms with Crippen molar-refractivity contribution >= 4 is 8.03 Å². The van der Waals surface area contributed by atoms with E-state index in [4.69, 9.17) is 4.52 Å². The van der Waals surface area contributed by atoms with Gasteiger partial charge in [0.2, 0.25) is 0 Å². The molecule has 0 saturated heterocycles. The van der Waals surface area contributed by atoms with Crippen molar-refractivity contribution in [1.82, 2.24) is 0 Å². The maximum Gasteiger partial charge on any atom is 0.191 e. The smallest absolute Gasteiger partial charge is 0.191 e. The van der Waals surface area contributed by atoms with Gasteiger partial charge in [-0.05, 0) is 6.42 Å². The highest BCUT2D eigenvalue weighted by atomic mass is 31.1. The van der Waals surface area contributed by atoms with E-state index in [2.05, 4.69) is 6.92 Å². The molecule has 2 nitrogen and oxygen atoms in total. The molecule has 0 aliphatic rings. The Balaban J connectivity index is 2.97. The molecule has 0 amide bonds. The van der Waals surface area contributed by atoms with Crippen molar-refractivity contribution in [2.24, 2.45) is 0 Å². The van der Waals surface area contributed by atoms with Gasteiger partial charge in [-0.25, -0.2) is 0 Å². The fourth-order valence-electron chi connectivity index (χ4n) is 2.57. The van der Waals surface area contributed by atoms with Gasteiger partial charge in [-0.3, -0.25) is 4.57 Å². The molecule has 0 aromatic rings. The molecule has 1 unspecified atom stereocenters. The molecule has 0 fully saturated rings. The van der Waals surface area contributed by atoms with E-state index in [-0.39, 0.29) is 0 Å². The van der Waals surface area contributed by atoms with Crippen LogP contribution in [0.1, 0.15) is 96.8 Å². The first kappa shape index (κ1) is 20.2. The predicted octanol–water partition coefficient (Wildman–Crippen LogP) is 6.59. The lowest BCUT2D eigenvalue weighted by atomic mass is 10.0. The lowest BCUT2D eigenvalue weighted by molar-refractivity contribution is 0.412. The van der Waals surface area contributed by atoms with Gasteiger partial charge in [0.25, 0.3) is 0 Å². The molecule has 0 aliphatic carbocycles. The summed E-state index contributed by atoms with van der Waals surface area (Å²) in [5.41, 5.74) is 0. The predicted molar refractivity (Wildman–Crippen MR) is 91.2 cm³/mol. The van der Waals surface area contributed by atoms with Crippen molar-refractivity contribution in [3.63, 3.8) is 0 Å². The van der Waals surface area contributed by atoms with Crippen LogP contribution in [0.4, 0.5) is 0 Å². The highest BCUT2D eigenvalue weighted by Gasteiger charge is 1.97. The second-order valence-electron chi connectivity index (χ2n) is 5.92. The monoisotopic (exact) mass is 304 g/mol. The van der Waals surface area contributed by atoms with Crippen molar-refractivity contribution in [3.8, 4) is 0 Å². The number of hydrogen-bond acceptors (Lipinski definition) is 2. The van der Waals surface area contributed by atoms with E-state index in [1.807, 2.05) is 0 Å². The quantitative estimate of drug-likeness (QED) is 0.237. The van der Waals surface area contributed by atoms with Crippen molar-refractivity contribution in [2.45, 2.75) is 96.8 Å². The summed E-state index contributed by atoms with van der Waals surface area (Å²) in [6.45, 7) is 2.28. The Morgan fingerprint density at radius 1 is 0.650 bits per heavy atom. The maximum atomic E-state index is 11.1. The average Bonchev–Trinajstić information content (AvgIpc) is 2.47. The zero-order chi connectivity index (χ0) is 14.9. The molecule has 0 radical (unpaired) electrons. The zero-order valence-corrected chi connectivity index (χ0v) is 14.9. The van der Waals surface area contributed by atoms with Gasteiger partial charge in [-0.1, -0.05) is 90.4 Å². The molecule has 0 aliphatic heterocycles. The molecule has 0 spiro atoms. The van der Waals surface area contributed by atoms with Gasteiger partial charge in [0, 0.05) is 13.3 Å². The van der Waals surface area contributed by atoms with Crippen LogP contribution in [0.15, 0.2) is 0 Å². The van der Waals surface area contributed by atoms with E-state index < -0.39 is 8.03 Å². The van der Waals surface area contributed by atoms with Gasteiger partial charge in [-0.15, -0.1) is 0 Å². The Bertz CT molecular complexity index is 207. The van der Waals surface area contributed by atoms with Gasteiger partial charge in [-0.2, -0.15) is 0 Å². The minimum atomic E-state index is -1.69. The fourth-order valence-corrected chi connectivity index (χ4v) is 3.31. The van der Waals surface area contributed by atoms with E-state index in [0.29, 0.717) is 0 Å². The standard InChI is InChI=1S/C17H37O2P/c1-3-4-5-6-7-8-9-10-11-12-13-14-15-16-17-20(18)19-2/h20H,3-17H2,1-2H3. The van der Waals surface area contributed by atoms with Crippen LogP contribution in [0.3, 0.4) is 0 Å². The highest BCUT2D eigenvalue weighted by Crippen LogP contribution is 2.22. The van der Waals surface area contributed by atoms with E-state index >= 15 is 0 Å². The third-order valence-corrected chi connectivity index (χ3v) is 5.18. The molecular weight excluding hydrogens is 267 g/mol. The lowest BCUT2D eigenvalue weighted by Gasteiger charge is -2.03. The molecule has 0 heterocycles. The molecule has 122 valence electrons. The SMILES string of the molecule is CCCCCCCCCCCCCCCC[PH](=O)OC. The molecular formula is C17H37O2P. The summed E-state index contributed by atoms with van der Waals surface area (Å²) in [4.78, 5) is 0. The molecule has 0 aromatic heterocycles. The Kier molecular flexibility index (Phi) is 17.4. The van der Waals surface area contributed by atoms with Gasteiger partial charge >= 0.3 is 0 Å².